The summed E-state index contributed by atoms with van der Waals surface area (Å²) < 4.78 is 1.79. The fourth-order valence-electron chi connectivity index (χ4n) is 1.14. The van der Waals surface area contributed by atoms with Crippen LogP contribution in [0.4, 0.5) is 0 Å². The Morgan fingerprint density at radius 3 is 3.00 bits per heavy atom. The molecule has 0 fully saturated rings. The smallest absolute Gasteiger partial charge is 0.166 e. The van der Waals surface area contributed by atoms with Gasteiger partial charge in [0.15, 0.2) is 11.5 Å². The lowest BCUT2D eigenvalue weighted by molar-refractivity contribution is 0.886. The highest BCUT2D eigenvalue weighted by Gasteiger charge is 2.02. The molecule has 3 nitrogen and oxygen atoms in total. The van der Waals surface area contributed by atoms with Crippen molar-refractivity contribution in [1.29, 1.82) is 0 Å². The van der Waals surface area contributed by atoms with E-state index in [1.165, 1.54) is 0 Å². The molecule has 2 heterocycles. The second kappa shape index (κ2) is 2.75. The van der Waals surface area contributed by atoms with Gasteiger partial charge >= 0.3 is 0 Å². The summed E-state index contributed by atoms with van der Waals surface area (Å²) in [6.45, 7) is 1.99. The van der Waals surface area contributed by atoms with Crippen LogP contribution < -0.4 is 0 Å². The Labute approximate surface area is 75.0 Å². The predicted octanol–water partition coefficient (Wildman–Crippen LogP) is 1.78. The number of fused-ring (bicyclic) bond motifs is 1. The van der Waals surface area contributed by atoms with Crippen LogP contribution in [0.1, 0.15) is 11.5 Å². The zero-order chi connectivity index (χ0) is 8.55. The number of rotatable bonds is 1. The van der Waals surface area contributed by atoms with E-state index in [0.717, 1.165) is 11.3 Å². The molecule has 0 aliphatic heterocycles. The summed E-state index contributed by atoms with van der Waals surface area (Å²) in [5.74, 6) is 1.03. The van der Waals surface area contributed by atoms with E-state index >= 15 is 0 Å². The standard InChI is InChI=1S/C8H8ClN3/c1-6-3-2-4-8-10-7(5-9)11-12(6)8/h2-4H,5H2,1H3. The van der Waals surface area contributed by atoms with Crippen LogP contribution in [-0.4, -0.2) is 14.6 Å². The van der Waals surface area contributed by atoms with E-state index in [-0.39, 0.29) is 0 Å². The molecule has 0 unspecified atom stereocenters. The highest BCUT2D eigenvalue weighted by molar-refractivity contribution is 6.16. The van der Waals surface area contributed by atoms with E-state index in [1.54, 1.807) is 4.52 Å². The largest absolute Gasteiger partial charge is 0.218 e. The van der Waals surface area contributed by atoms with Crippen LogP contribution in [0.25, 0.3) is 5.65 Å². The Hall–Kier alpha value is -1.09. The van der Waals surface area contributed by atoms with E-state index < -0.39 is 0 Å². The van der Waals surface area contributed by atoms with E-state index in [0.29, 0.717) is 11.7 Å². The van der Waals surface area contributed by atoms with Crippen LogP contribution in [0, 0.1) is 6.92 Å². The molecule has 0 aliphatic carbocycles. The quantitative estimate of drug-likeness (QED) is 0.628. The predicted molar refractivity (Wildman–Crippen MR) is 47.3 cm³/mol. The molecule has 0 atom stereocenters. The van der Waals surface area contributed by atoms with Crippen molar-refractivity contribution in [3.63, 3.8) is 0 Å². The third-order valence-electron chi connectivity index (χ3n) is 1.71. The second-order valence-electron chi connectivity index (χ2n) is 2.60. The van der Waals surface area contributed by atoms with Crippen molar-refractivity contribution >= 4 is 17.2 Å². The van der Waals surface area contributed by atoms with Gasteiger partial charge in [0.1, 0.15) is 0 Å². The fraction of sp³-hybridized carbons (Fsp3) is 0.250. The molecule has 0 saturated heterocycles. The zero-order valence-corrected chi connectivity index (χ0v) is 7.41. The van der Waals surface area contributed by atoms with Gasteiger partial charge in [-0.1, -0.05) is 6.07 Å². The van der Waals surface area contributed by atoms with Crippen molar-refractivity contribution in [2.45, 2.75) is 12.8 Å². The zero-order valence-electron chi connectivity index (χ0n) is 6.66. The Bertz CT molecular complexity index is 408. The van der Waals surface area contributed by atoms with Gasteiger partial charge in [-0.3, -0.25) is 0 Å². The van der Waals surface area contributed by atoms with Crippen LogP contribution >= 0.6 is 11.6 Å². The molecular formula is C8H8ClN3. The van der Waals surface area contributed by atoms with E-state index in [2.05, 4.69) is 10.1 Å². The highest BCUT2D eigenvalue weighted by Crippen LogP contribution is 2.05. The van der Waals surface area contributed by atoms with Crippen molar-refractivity contribution in [3.8, 4) is 0 Å². The van der Waals surface area contributed by atoms with Gasteiger partial charge in [0, 0.05) is 5.69 Å². The molecule has 0 saturated carbocycles. The maximum Gasteiger partial charge on any atom is 0.166 e. The first-order valence-corrected chi connectivity index (χ1v) is 4.22. The summed E-state index contributed by atoms with van der Waals surface area (Å²) in [5.41, 5.74) is 1.92. The Morgan fingerprint density at radius 2 is 2.33 bits per heavy atom. The maximum absolute atomic E-state index is 5.61. The molecule has 0 spiro atoms. The van der Waals surface area contributed by atoms with Crippen molar-refractivity contribution < 1.29 is 0 Å². The average molecular weight is 182 g/mol. The molecule has 0 radical (unpaired) electrons. The molecular weight excluding hydrogens is 174 g/mol. The molecule has 2 aromatic rings. The number of hydrogen-bond acceptors (Lipinski definition) is 2. The monoisotopic (exact) mass is 181 g/mol. The third kappa shape index (κ3) is 1.06. The van der Waals surface area contributed by atoms with E-state index in [9.17, 15) is 0 Å². The third-order valence-corrected chi connectivity index (χ3v) is 1.95. The summed E-state index contributed by atoms with van der Waals surface area (Å²) in [6, 6.07) is 5.85. The van der Waals surface area contributed by atoms with Crippen LogP contribution in [0.5, 0.6) is 0 Å². The van der Waals surface area contributed by atoms with Crippen molar-refractivity contribution in [2.24, 2.45) is 0 Å². The molecule has 0 amide bonds. The van der Waals surface area contributed by atoms with Gasteiger partial charge in [0.2, 0.25) is 0 Å². The van der Waals surface area contributed by atoms with Crippen LogP contribution in [0.3, 0.4) is 0 Å². The number of hydrogen-bond donors (Lipinski definition) is 0. The Morgan fingerprint density at radius 1 is 1.50 bits per heavy atom. The summed E-state index contributed by atoms with van der Waals surface area (Å²) in [5, 5.41) is 4.20. The van der Waals surface area contributed by atoms with Gasteiger partial charge in [0.05, 0.1) is 5.88 Å². The minimum atomic E-state index is 0.362. The lowest BCUT2D eigenvalue weighted by Gasteiger charge is -1.93. The SMILES string of the molecule is Cc1cccc2nc(CCl)nn12. The van der Waals surface area contributed by atoms with E-state index in [1.807, 2.05) is 25.1 Å². The second-order valence-corrected chi connectivity index (χ2v) is 2.87. The van der Waals surface area contributed by atoms with Crippen LogP contribution in [0.15, 0.2) is 18.2 Å². The van der Waals surface area contributed by atoms with Gasteiger partial charge in [0.25, 0.3) is 0 Å². The molecule has 2 aromatic heterocycles. The summed E-state index contributed by atoms with van der Waals surface area (Å²) >= 11 is 5.61. The molecule has 0 aliphatic rings. The first-order valence-electron chi connectivity index (χ1n) is 3.68. The minimum absolute atomic E-state index is 0.362. The van der Waals surface area contributed by atoms with Gasteiger partial charge < -0.3 is 0 Å². The summed E-state index contributed by atoms with van der Waals surface area (Å²) in [6.07, 6.45) is 0. The maximum atomic E-state index is 5.61. The Balaban J connectivity index is 2.74. The molecule has 0 aromatic carbocycles. The number of pyridine rings is 1. The highest BCUT2D eigenvalue weighted by atomic mass is 35.5. The van der Waals surface area contributed by atoms with Crippen molar-refractivity contribution in [2.75, 3.05) is 0 Å². The van der Waals surface area contributed by atoms with E-state index in [4.69, 9.17) is 11.6 Å². The number of alkyl halides is 1. The molecule has 12 heavy (non-hydrogen) atoms. The molecule has 0 bridgehead atoms. The van der Waals surface area contributed by atoms with Crippen molar-refractivity contribution in [3.05, 3.63) is 29.7 Å². The topological polar surface area (TPSA) is 30.2 Å². The van der Waals surface area contributed by atoms with Gasteiger partial charge in [-0.05, 0) is 19.1 Å². The summed E-state index contributed by atoms with van der Waals surface area (Å²) in [4.78, 5) is 4.21. The number of nitrogens with zero attached hydrogens (tertiary/aromatic N) is 3. The minimum Gasteiger partial charge on any atom is -0.218 e. The normalized spacial score (nSPS) is 10.8. The number of aromatic nitrogens is 3. The first-order chi connectivity index (χ1) is 5.81. The van der Waals surface area contributed by atoms with Gasteiger partial charge in [-0.25, -0.2) is 9.50 Å². The molecule has 62 valence electrons. The molecule has 4 heteroatoms. The first kappa shape index (κ1) is 7.55. The number of halogens is 1. The average Bonchev–Trinajstić information content (AvgIpc) is 2.49. The summed E-state index contributed by atoms with van der Waals surface area (Å²) in [7, 11) is 0. The van der Waals surface area contributed by atoms with Crippen molar-refractivity contribution in [1.82, 2.24) is 14.6 Å². The molecule has 2 rings (SSSR count). The van der Waals surface area contributed by atoms with Crippen LogP contribution in [0.2, 0.25) is 0 Å². The lowest BCUT2D eigenvalue weighted by Crippen LogP contribution is -1.92. The molecule has 0 N–H and O–H groups in total. The van der Waals surface area contributed by atoms with Gasteiger partial charge in [-0.15, -0.1) is 16.7 Å². The Kier molecular flexibility index (Phi) is 1.73. The number of aryl methyl sites for hydroxylation is 1. The lowest BCUT2D eigenvalue weighted by atomic mass is 10.4. The van der Waals surface area contributed by atoms with Crippen LogP contribution in [-0.2, 0) is 5.88 Å². The fourth-order valence-corrected chi connectivity index (χ4v) is 1.25. The van der Waals surface area contributed by atoms with Gasteiger partial charge in [-0.2, -0.15) is 0 Å².